The standard InChI is InChI=1S/C12H21NO3/c1-5-9-8-13(7-6-10(9)14)11(15)16-12(2,3)4/h9H,5-8H2,1-4H3/t9-/m1/s1. The zero-order valence-electron chi connectivity index (χ0n) is 10.6. The molecule has 4 heteroatoms. The predicted octanol–water partition coefficient (Wildman–Crippen LogP) is 2.22. The monoisotopic (exact) mass is 227 g/mol. The predicted molar refractivity (Wildman–Crippen MR) is 61.2 cm³/mol. The van der Waals surface area contributed by atoms with Gasteiger partial charge in [-0.15, -0.1) is 0 Å². The van der Waals surface area contributed by atoms with Crippen LogP contribution in [0, 0.1) is 5.92 Å². The number of Topliss-reactive ketones (excluding diaryl/α,β-unsaturated/α-hetero) is 1. The highest BCUT2D eigenvalue weighted by molar-refractivity contribution is 5.83. The Balaban J connectivity index is 2.55. The lowest BCUT2D eigenvalue weighted by Gasteiger charge is -2.32. The fourth-order valence-corrected chi connectivity index (χ4v) is 1.76. The Morgan fingerprint density at radius 1 is 1.50 bits per heavy atom. The molecule has 1 saturated heterocycles. The van der Waals surface area contributed by atoms with Crippen LogP contribution in [0.3, 0.4) is 0 Å². The molecule has 1 aliphatic rings. The highest BCUT2D eigenvalue weighted by atomic mass is 16.6. The van der Waals surface area contributed by atoms with Crippen molar-refractivity contribution in [3.63, 3.8) is 0 Å². The van der Waals surface area contributed by atoms with Gasteiger partial charge in [0.2, 0.25) is 0 Å². The number of amides is 1. The molecule has 1 heterocycles. The summed E-state index contributed by atoms with van der Waals surface area (Å²) >= 11 is 0. The summed E-state index contributed by atoms with van der Waals surface area (Å²) in [5, 5.41) is 0. The molecule has 0 aromatic rings. The van der Waals surface area contributed by atoms with Gasteiger partial charge in [-0.05, 0) is 27.2 Å². The molecule has 0 aromatic carbocycles. The van der Waals surface area contributed by atoms with Crippen molar-refractivity contribution in [1.82, 2.24) is 4.90 Å². The van der Waals surface area contributed by atoms with E-state index in [2.05, 4.69) is 0 Å². The number of ether oxygens (including phenoxy) is 1. The van der Waals surface area contributed by atoms with Gasteiger partial charge in [0, 0.05) is 25.4 Å². The Bertz CT molecular complexity index is 280. The average Bonchev–Trinajstić information content (AvgIpc) is 2.15. The summed E-state index contributed by atoms with van der Waals surface area (Å²) < 4.78 is 5.28. The molecular formula is C12H21NO3. The number of hydrogen-bond donors (Lipinski definition) is 0. The molecule has 1 rings (SSSR count). The molecule has 1 aliphatic heterocycles. The third-order valence-electron chi connectivity index (χ3n) is 2.67. The molecule has 92 valence electrons. The van der Waals surface area contributed by atoms with Gasteiger partial charge in [0.05, 0.1) is 0 Å². The number of piperidine rings is 1. The van der Waals surface area contributed by atoms with Gasteiger partial charge in [0.15, 0.2) is 0 Å². The van der Waals surface area contributed by atoms with E-state index in [-0.39, 0.29) is 17.8 Å². The minimum Gasteiger partial charge on any atom is -0.444 e. The molecule has 0 N–H and O–H groups in total. The van der Waals surface area contributed by atoms with Crippen molar-refractivity contribution in [3.05, 3.63) is 0 Å². The molecule has 0 bridgehead atoms. The van der Waals surface area contributed by atoms with Crippen LogP contribution >= 0.6 is 0 Å². The van der Waals surface area contributed by atoms with Crippen molar-refractivity contribution in [1.29, 1.82) is 0 Å². The molecule has 0 spiro atoms. The number of carbonyl (C=O) groups excluding carboxylic acids is 2. The zero-order valence-corrected chi connectivity index (χ0v) is 10.6. The van der Waals surface area contributed by atoms with E-state index in [0.717, 1.165) is 6.42 Å². The maximum atomic E-state index is 11.8. The minimum atomic E-state index is -0.472. The van der Waals surface area contributed by atoms with Gasteiger partial charge in [0.1, 0.15) is 11.4 Å². The van der Waals surface area contributed by atoms with Crippen LogP contribution in [0.15, 0.2) is 0 Å². The molecule has 16 heavy (non-hydrogen) atoms. The summed E-state index contributed by atoms with van der Waals surface area (Å²) in [6.45, 7) is 8.50. The summed E-state index contributed by atoms with van der Waals surface area (Å²) in [5.74, 6) is 0.253. The van der Waals surface area contributed by atoms with Crippen molar-refractivity contribution in [2.75, 3.05) is 13.1 Å². The summed E-state index contributed by atoms with van der Waals surface area (Å²) in [5.41, 5.74) is -0.472. The molecule has 0 radical (unpaired) electrons. The van der Waals surface area contributed by atoms with E-state index < -0.39 is 5.60 Å². The van der Waals surface area contributed by atoms with E-state index in [1.54, 1.807) is 4.90 Å². The van der Waals surface area contributed by atoms with Gasteiger partial charge in [-0.2, -0.15) is 0 Å². The summed E-state index contributed by atoms with van der Waals surface area (Å²) in [6, 6.07) is 0. The van der Waals surface area contributed by atoms with Crippen LogP contribution < -0.4 is 0 Å². The van der Waals surface area contributed by atoms with Crippen LogP contribution in [-0.4, -0.2) is 35.5 Å². The molecule has 1 atom stereocenters. The van der Waals surface area contributed by atoms with Gasteiger partial charge in [-0.1, -0.05) is 6.92 Å². The lowest BCUT2D eigenvalue weighted by molar-refractivity contribution is -0.126. The van der Waals surface area contributed by atoms with Crippen LogP contribution in [0.2, 0.25) is 0 Å². The maximum Gasteiger partial charge on any atom is 0.410 e. The van der Waals surface area contributed by atoms with Gasteiger partial charge in [0.25, 0.3) is 0 Å². The van der Waals surface area contributed by atoms with Gasteiger partial charge < -0.3 is 9.64 Å². The fraction of sp³-hybridized carbons (Fsp3) is 0.833. The smallest absolute Gasteiger partial charge is 0.410 e. The van der Waals surface area contributed by atoms with Crippen LogP contribution in [-0.2, 0) is 9.53 Å². The van der Waals surface area contributed by atoms with Crippen molar-refractivity contribution in [3.8, 4) is 0 Å². The van der Waals surface area contributed by atoms with Gasteiger partial charge in [-0.3, -0.25) is 4.79 Å². The lowest BCUT2D eigenvalue weighted by Crippen LogP contribution is -2.45. The number of likely N-dealkylation sites (tertiary alicyclic amines) is 1. The molecule has 0 aliphatic carbocycles. The van der Waals surface area contributed by atoms with Crippen LogP contribution in [0.1, 0.15) is 40.5 Å². The van der Waals surface area contributed by atoms with Crippen molar-refractivity contribution in [2.45, 2.75) is 46.1 Å². The van der Waals surface area contributed by atoms with Gasteiger partial charge >= 0.3 is 6.09 Å². The normalized spacial score (nSPS) is 22.1. The Morgan fingerprint density at radius 3 is 2.62 bits per heavy atom. The first-order valence-electron chi connectivity index (χ1n) is 5.84. The number of hydrogen-bond acceptors (Lipinski definition) is 3. The first-order valence-corrected chi connectivity index (χ1v) is 5.84. The van der Waals surface area contributed by atoms with Gasteiger partial charge in [-0.25, -0.2) is 4.79 Å². The Morgan fingerprint density at radius 2 is 2.12 bits per heavy atom. The van der Waals surface area contributed by atoms with E-state index in [1.807, 2.05) is 27.7 Å². The highest BCUT2D eigenvalue weighted by Crippen LogP contribution is 2.18. The minimum absolute atomic E-state index is 0.0127. The molecule has 0 unspecified atom stereocenters. The second-order valence-electron chi connectivity index (χ2n) is 5.25. The quantitative estimate of drug-likeness (QED) is 0.690. The Kier molecular flexibility index (Phi) is 3.94. The topological polar surface area (TPSA) is 46.6 Å². The maximum absolute atomic E-state index is 11.8. The second kappa shape index (κ2) is 4.85. The largest absolute Gasteiger partial charge is 0.444 e. The van der Waals surface area contributed by atoms with Crippen LogP contribution in [0.25, 0.3) is 0 Å². The van der Waals surface area contributed by atoms with E-state index in [0.29, 0.717) is 19.5 Å². The van der Waals surface area contributed by atoms with Crippen molar-refractivity contribution >= 4 is 11.9 Å². The first-order chi connectivity index (χ1) is 7.33. The SMILES string of the molecule is CC[C@@H]1CN(C(=O)OC(C)(C)C)CCC1=O. The number of nitrogens with zero attached hydrogens (tertiary/aromatic N) is 1. The average molecular weight is 227 g/mol. The summed E-state index contributed by atoms with van der Waals surface area (Å²) in [7, 11) is 0. The highest BCUT2D eigenvalue weighted by Gasteiger charge is 2.30. The molecule has 0 saturated carbocycles. The molecule has 1 amide bonds. The fourth-order valence-electron chi connectivity index (χ4n) is 1.76. The van der Waals surface area contributed by atoms with Crippen molar-refractivity contribution in [2.24, 2.45) is 5.92 Å². The zero-order chi connectivity index (χ0) is 12.3. The van der Waals surface area contributed by atoms with Crippen molar-refractivity contribution < 1.29 is 14.3 Å². The summed E-state index contributed by atoms with van der Waals surface area (Å²) in [4.78, 5) is 24.9. The van der Waals surface area contributed by atoms with Crippen LogP contribution in [0.5, 0.6) is 0 Å². The third kappa shape index (κ3) is 3.51. The van der Waals surface area contributed by atoms with Crippen LogP contribution in [0.4, 0.5) is 4.79 Å². The molecular weight excluding hydrogens is 206 g/mol. The molecule has 4 nitrogen and oxygen atoms in total. The molecule has 0 aromatic heterocycles. The Hall–Kier alpha value is -1.06. The summed E-state index contributed by atoms with van der Waals surface area (Å²) in [6.07, 6.45) is 0.939. The van der Waals surface area contributed by atoms with E-state index in [4.69, 9.17) is 4.74 Å². The Labute approximate surface area is 96.9 Å². The molecule has 1 fully saturated rings. The first kappa shape index (κ1) is 13.0. The van der Waals surface area contributed by atoms with E-state index >= 15 is 0 Å². The van der Waals surface area contributed by atoms with E-state index in [9.17, 15) is 9.59 Å². The van der Waals surface area contributed by atoms with E-state index in [1.165, 1.54) is 0 Å². The second-order valence-corrected chi connectivity index (χ2v) is 5.25. The lowest BCUT2D eigenvalue weighted by atomic mass is 9.94. The third-order valence-corrected chi connectivity index (χ3v) is 2.67. The number of rotatable bonds is 1. The number of ketones is 1. The number of carbonyl (C=O) groups is 2.